The average Bonchev–Trinajstić information content (AvgIpc) is 2.81. The van der Waals surface area contributed by atoms with Crippen molar-refractivity contribution >= 4 is 16.7 Å². The third-order valence-electron chi connectivity index (χ3n) is 2.85. The first-order valence-corrected chi connectivity index (χ1v) is 5.69. The second kappa shape index (κ2) is 4.16. The van der Waals surface area contributed by atoms with Crippen LogP contribution in [0.5, 0.6) is 0 Å². The van der Waals surface area contributed by atoms with E-state index in [0.717, 1.165) is 28.1 Å². The zero-order chi connectivity index (χ0) is 12.5. The molecule has 0 radical (unpaired) electrons. The maximum atomic E-state index is 5.78. The maximum absolute atomic E-state index is 5.78. The highest BCUT2D eigenvalue weighted by Crippen LogP contribution is 2.28. The number of benzene rings is 1. The third kappa shape index (κ3) is 1.83. The molecule has 3 aromatic rings. The number of aromatic nitrogens is 1. The Kier molecular flexibility index (Phi) is 2.50. The minimum Gasteiger partial charge on any atom is -0.454 e. The number of nitrogens with zero attached hydrogens (tertiary/aromatic N) is 1. The van der Waals surface area contributed by atoms with Crippen LogP contribution in [0.2, 0.25) is 0 Å². The van der Waals surface area contributed by atoms with Crippen molar-refractivity contribution in [2.75, 3.05) is 5.43 Å². The molecule has 0 aliphatic heterocycles. The van der Waals surface area contributed by atoms with Crippen LogP contribution in [0.3, 0.4) is 0 Å². The first kappa shape index (κ1) is 10.8. The third-order valence-corrected chi connectivity index (χ3v) is 2.85. The molecule has 3 N–H and O–H groups in total. The van der Waals surface area contributed by atoms with E-state index in [-0.39, 0.29) is 0 Å². The minimum atomic E-state index is 0.743. The lowest BCUT2D eigenvalue weighted by Crippen LogP contribution is -2.06. The highest BCUT2D eigenvalue weighted by atomic mass is 16.3. The maximum Gasteiger partial charge on any atom is 0.153 e. The molecule has 0 aliphatic rings. The highest BCUT2D eigenvalue weighted by Gasteiger charge is 2.07. The van der Waals surface area contributed by atoms with E-state index in [1.54, 1.807) is 12.3 Å². The normalized spacial score (nSPS) is 10.8. The van der Waals surface area contributed by atoms with Crippen LogP contribution in [-0.4, -0.2) is 4.98 Å². The molecule has 0 unspecified atom stereocenters. The number of hydrazine groups is 1. The Balaban J connectivity index is 2.13. The number of nitrogens with two attached hydrogens (primary N) is 1. The number of fused-ring (bicyclic) bond motifs is 1. The summed E-state index contributed by atoms with van der Waals surface area (Å²) < 4.78 is 5.78. The van der Waals surface area contributed by atoms with Crippen LogP contribution in [0.1, 0.15) is 5.56 Å². The highest BCUT2D eigenvalue weighted by molar-refractivity contribution is 5.83. The predicted octanol–water partition coefficient (Wildman–Crippen LogP) is 3.09. The number of pyridine rings is 1. The first-order valence-electron chi connectivity index (χ1n) is 5.69. The van der Waals surface area contributed by atoms with Gasteiger partial charge in [-0.15, -0.1) is 0 Å². The van der Waals surface area contributed by atoms with Gasteiger partial charge in [-0.05, 0) is 37.3 Å². The number of rotatable bonds is 2. The van der Waals surface area contributed by atoms with Crippen LogP contribution in [0.15, 0.2) is 47.0 Å². The molecule has 4 nitrogen and oxygen atoms in total. The molecular weight excluding hydrogens is 226 g/mol. The minimum absolute atomic E-state index is 0.743. The van der Waals surface area contributed by atoms with E-state index >= 15 is 0 Å². The molecule has 4 heteroatoms. The second-order valence-electron chi connectivity index (χ2n) is 4.23. The van der Waals surface area contributed by atoms with Crippen LogP contribution in [0.4, 0.5) is 5.69 Å². The zero-order valence-corrected chi connectivity index (χ0v) is 9.97. The van der Waals surface area contributed by atoms with E-state index in [2.05, 4.69) is 23.4 Å². The Morgan fingerprint density at radius 1 is 1.17 bits per heavy atom. The Bertz CT molecular complexity index is 703. The standard InChI is InChI=1S/C14H13N3O/c1-9-2-3-13-10(6-9)7-14(18-13)12-8-11(17-15)4-5-16-12/h2-8H,15H2,1H3,(H,16,17). The summed E-state index contributed by atoms with van der Waals surface area (Å²) in [4.78, 5) is 4.29. The van der Waals surface area contributed by atoms with Gasteiger partial charge < -0.3 is 9.84 Å². The molecular formula is C14H13N3O. The monoisotopic (exact) mass is 239 g/mol. The lowest BCUT2D eigenvalue weighted by Gasteiger charge is -2.00. The van der Waals surface area contributed by atoms with Gasteiger partial charge in [0.1, 0.15) is 11.3 Å². The van der Waals surface area contributed by atoms with Gasteiger partial charge in [-0.3, -0.25) is 10.8 Å². The van der Waals surface area contributed by atoms with Crippen molar-refractivity contribution in [1.82, 2.24) is 4.98 Å². The SMILES string of the molecule is Cc1ccc2oc(-c3cc(NN)ccn3)cc2c1. The summed E-state index contributed by atoms with van der Waals surface area (Å²) in [7, 11) is 0. The lowest BCUT2D eigenvalue weighted by molar-refractivity contribution is 0.628. The summed E-state index contributed by atoms with van der Waals surface area (Å²) in [6.45, 7) is 2.06. The summed E-state index contributed by atoms with van der Waals surface area (Å²) in [5, 5.41) is 1.08. The van der Waals surface area contributed by atoms with Gasteiger partial charge in [0.15, 0.2) is 5.76 Å². The lowest BCUT2D eigenvalue weighted by atomic mass is 10.2. The van der Waals surface area contributed by atoms with E-state index in [1.165, 1.54) is 5.56 Å². The molecule has 0 saturated carbocycles. The molecule has 0 saturated heterocycles. The van der Waals surface area contributed by atoms with Crippen molar-refractivity contribution in [1.29, 1.82) is 0 Å². The van der Waals surface area contributed by atoms with E-state index in [0.29, 0.717) is 0 Å². The molecule has 0 aliphatic carbocycles. The van der Waals surface area contributed by atoms with Crippen molar-refractivity contribution in [3.63, 3.8) is 0 Å². The van der Waals surface area contributed by atoms with Gasteiger partial charge in [0.25, 0.3) is 0 Å². The van der Waals surface area contributed by atoms with Crippen molar-refractivity contribution in [2.24, 2.45) is 5.84 Å². The Morgan fingerprint density at radius 2 is 2.06 bits per heavy atom. The number of nitrogen functional groups attached to an aromatic ring is 1. The van der Waals surface area contributed by atoms with Crippen LogP contribution in [0.25, 0.3) is 22.4 Å². The largest absolute Gasteiger partial charge is 0.454 e. The van der Waals surface area contributed by atoms with Gasteiger partial charge in [0.2, 0.25) is 0 Å². The Labute approximate surface area is 104 Å². The van der Waals surface area contributed by atoms with Gasteiger partial charge in [-0.1, -0.05) is 11.6 Å². The van der Waals surface area contributed by atoms with E-state index < -0.39 is 0 Å². The molecule has 18 heavy (non-hydrogen) atoms. The van der Waals surface area contributed by atoms with Crippen molar-refractivity contribution in [3.05, 3.63) is 48.2 Å². The van der Waals surface area contributed by atoms with Gasteiger partial charge >= 0.3 is 0 Å². The molecule has 0 bridgehead atoms. The second-order valence-corrected chi connectivity index (χ2v) is 4.23. The molecule has 0 fully saturated rings. The van der Waals surface area contributed by atoms with Gasteiger partial charge in [-0.2, -0.15) is 0 Å². The van der Waals surface area contributed by atoms with Crippen LogP contribution < -0.4 is 11.3 Å². The Morgan fingerprint density at radius 3 is 2.89 bits per heavy atom. The molecule has 3 rings (SSSR count). The topological polar surface area (TPSA) is 64.1 Å². The van der Waals surface area contributed by atoms with E-state index in [1.807, 2.05) is 24.3 Å². The Hall–Kier alpha value is -2.33. The van der Waals surface area contributed by atoms with Crippen molar-refractivity contribution in [2.45, 2.75) is 6.92 Å². The first-order chi connectivity index (χ1) is 8.76. The zero-order valence-electron chi connectivity index (χ0n) is 9.97. The fourth-order valence-corrected chi connectivity index (χ4v) is 1.94. The molecule has 0 atom stereocenters. The number of nitrogens with one attached hydrogen (secondary N) is 1. The summed E-state index contributed by atoms with van der Waals surface area (Å²) in [5.41, 5.74) is 6.24. The van der Waals surface area contributed by atoms with Crippen molar-refractivity contribution < 1.29 is 4.42 Å². The van der Waals surface area contributed by atoms with Gasteiger partial charge in [0.05, 0.1) is 5.69 Å². The van der Waals surface area contributed by atoms with Crippen LogP contribution in [-0.2, 0) is 0 Å². The van der Waals surface area contributed by atoms with Gasteiger partial charge in [0, 0.05) is 11.6 Å². The summed E-state index contributed by atoms with van der Waals surface area (Å²) in [6.07, 6.45) is 1.70. The van der Waals surface area contributed by atoms with E-state index in [9.17, 15) is 0 Å². The fraction of sp³-hybridized carbons (Fsp3) is 0.0714. The molecule has 1 aromatic carbocycles. The number of anilines is 1. The molecule has 90 valence electrons. The number of furan rings is 1. The summed E-state index contributed by atoms with van der Waals surface area (Å²) >= 11 is 0. The van der Waals surface area contributed by atoms with E-state index in [4.69, 9.17) is 10.3 Å². The molecule has 2 aromatic heterocycles. The predicted molar refractivity (Wildman–Crippen MR) is 72.0 cm³/mol. The van der Waals surface area contributed by atoms with Crippen molar-refractivity contribution in [3.8, 4) is 11.5 Å². The fourth-order valence-electron chi connectivity index (χ4n) is 1.94. The van der Waals surface area contributed by atoms with Crippen LogP contribution in [0, 0.1) is 6.92 Å². The molecule has 0 spiro atoms. The molecule has 0 amide bonds. The number of aryl methyl sites for hydroxylation is 1. The number of hydrogen-bond acceptors (Lipinski definition) is 4. The number of hydrogen-bond donors (Lipinski definition) is 2. The van der Waals surface area contributed by atoms with Gasteiger partial charge in [-0.25, -0.2) is 0 Å². The average molecular weight is 239 g/mol. The quantitative estimate of drug-likeness (QED) is 0.533. The van der Waals surface area contributed by atoms with Crippen LogP contribution >= 0.6 is 0 Å². The summed E-state index contributed by atoms with van der Waals surface area (Å²) in [5.74, 6) is 6.13. The summed E-state index contributed by atoms with van der Waals surface area (Å²) in [6, 6.07) is 11.7. The molecule has 2 heterocycles. The smallest absolute Gasteiger partial charge is 0.153 e.